The predicted octanol–water partition coefficient (Wildman–Crippen LogP) is 5.07. The zero-order valence-corrected chi connectivity index (χ0v) is 18.1. The number of benzene rings is 3. The first kappa shape index (κ1) is 20.9. The number of hydrogen-bond donors (Lipinski definition) is 1. The number of anilines is 1. The summed E-state index contributed by atoms with van der Waals surface area (Å²) in [5.41, 5.74) is 3.31. The molecule has 0 bridgehead atoms. The van der Waals surface area contributed by atoms with Crippen molar-refractivity contribution in [3.8, 4) is 5.69 Å². The lowest BCUT2D eigenvalue weighted by atomic mass is 10.1. The van der Waals surface area contributed by atoms with Gasteiger partial charge in [0.1, 0.15) is 0 Å². The van der Waals surface area contributed by atoms with E-state index in [1.807, 2.05) is 72.8 Å². The molecule has 5 nitrogen and oxygen atoms in total. The Morgan fingerprint density at radius 1 is 0.968 bits per heavy atom. The van der Waals surface area contributed by atoms with Gasteiger partial charge in [0.25, 0.3) is 5.56 Å². The summed E-state index contributed by atoms with van der Waals surface area (Å²) in [6, 6.07) is 24.7. The number of carbonyl (C=O) groups excluding carboxylic acids is 1. The predicted molar refractivity (Wildman–Crippen MR) is 127 cm³/mol. The summed E-state index contributed by atoms with van der Waals surface area (Å²) in [4.78, 5) is 30.3. The molecule has 1 N–H and O–H groups in total. The first-order valence-electron chi connectivity index (χ1n) is 10.2. The van der Waals surface area contributed by atoms with E-state index in [-0.39, 0.29) is 11.5 Å². The lowest BCUT2D eigenvalue weighted by molar-refractivity contribution is -0.115. The molecule has 0 atom stereocenters. The van der Waals surface area contributed by atoms with Gasteiger partial charge < -0.3 is 5.32 Å². The molecular weight excluding hydrogens is 406 g/mol. The zero-order chi connectivity index (χ0) is 21.6. The second-order valence-electron chi connectivity index (χ2n) is 7.08. The van der Waals surface area contributed by atoms with Gasteiger partial charge in [0.2, 0.25) is 5.91 Å². The molecule has 0 saturated heterocycles. The van der Waals surface area contributed by atoms with Gasteiger partial charge in [-0.2, -0.15) is 0 Å². The summed E-state index contributed by atoms with van der Waals surface area (Å²) in [7, 11) is 0. The van der Waals surface area contributed by atoms with Crippen LogP contribution >= 0.6 is 11.8 Å². The highest BCUT2D eigenvalue weighted by atomic mass is 32.2. The molecule has 0 saturated carbocycles. The molecule has 0 aliphatic heterocycles. The average molecular weight is 430 g/mol. The molecule has 0 fully saturated rings. The molecule has 0 radical (unpaired) electrons. The Morgan fingerprint density at radius 3 is 2.42 bits per heavy atom. The van der Waals surface area contributed by atoms with Crippen molar-refractivity contribution in [3.63, 3.8) is 0 Å². The summed E-state index contributed by atoms with van der Waals surface area (Å²) in [5.74, 6) is 0.442. The Kier molecular flexibility index (Phi) is 6.48. The fourth-order valence-corrected chi connectivity index (χ4v) is 4.25. The number of para-hydroxylation sites is 2. The smallest absolute Gasteiger partial charge is 0.266 e. The number of nitrogens with one attached hydrogen (secondary N) is 1. The number of hydrogen-bond acceptors (Lipinski definition) is 4. The second kappa shape index (κ2) is 9.62. The van der Waals surface area contributed by atoms with E-state index in [9.17, 15) is 9.59 Å². The molecule has 4 rings (SSSR count). The second-order valence-corrected chi connectivity index (χ2v) is 8.15. The highest BCUT2D eigenvalue weighted by Gasteiger charge is 2.14. The number of nitrogens with zero attached hydrogens (tertiary/aromatic N) is 2. The number of rotatable bonds is 7. The molecule has 0 spiro atoms. The molecule has 156 valence electrons. The van der Waals surface area contributed by atoms with E-state index < -0.39 is 0 Å². The van der Waals surface area contributed by atoms with Crippen molar-refractivity contribution in [3.05, 3.63) is 94.8 Å². The Balaban J connectivity index is 1.59. The summed E-state index contributed by atoms with van der Waals surface area (Å²) < 4.78 is 1.64. The van der Waals surface area contributed by atoms with Crippen LogP contribution in [-0.2, 0) is 11.2 Å². The minimum Gasteiger partial charge on any atom is -0.326 e. The van der Waals surface area contributed by atoms with Gasteiger partial charge in [0.15, 0.2) is 5.16 Å². The highest BCUT2D eigenvalue weighted by Crippen LogP contribution is 2.22. The molecule has 6 heteroatoms. The SMILES string of the molecule is CCc1ccc(-n2c(SCCC(=O)Nc3ccccc3)nc3ccccc3c2=O)cc1. The van der Waals surface area contributed by atoms with Gasteiger partial charge in [-0.1, -0.05) is 61.2 Å². The quantitative estimate of drug-likeness (QED) is 0.329. The minimum absolute atomic E-state index is 0.0688. The molecule has 0 unspecified atom stereocenters. The number of fused-ring (bicyclic) bond motifs is 1. The van der Waals surface area contributed by atoms with Crippen LogP contribution in [0.25, 0.3) is 16.6 Å². The number of thioether (sulfide) groups is 1. The van der Waals surface area contributed by atoms with Gasteiger partial charge >= 0.3 is 0 Å². The van der Waals surface area contributed by atoms with Crippen LogP contribution in [-0.4, -0.2) is 21.2 Å². The van der Waals surface area contributed by atoms with E-state index in [0.717, 1.165) is 17.8 Å². The summed E-state index contributed by atoms with van der Waals surface area (Å²) in [6.45, 7) is 2.10. The van der Waals surface area contributed by atoms with Crippen molar-refractivity contribution in [2.45, 2.75) is 24.9 Å². The minimum atomic E-state index is -0.105. The van der Waals surface area contributed by atoms with Crippen LogP contribution in [0.5, 0.6) is 0 Å². The van der Waals surface area contributed by atoms with Crippen LogP contribution in [0.3, 0.4) is 0 Å². The Hall–Kier alpha value is -3.38. The van der Waals surface area contributed by atoms with Gasteiger partial charge in [-0.05, 0) is 48.4 Å². The van der Waals surface area contributed by atoms with Gasteiger partial charge in [0.05, 0.1) is 16.6 Å². The van der Waals surface area contributed by atoms with E-state index in [2.05, 4.69) is 12.2 Å². The van der Waals surface area contributed by atoms with E-state index in [1.54, 1.807) is 10.6 Å². The third-order valence-electron chi connectivity index (χ3n) is 4.97. The summed E-state index contributed by atoms with van der Waals surface area (Å²) in [6.07, 6.45) is 1.25. The third kappa shape index (κ3) is 4.86. The lowest BCUT2D eigenvalue weighted by Crippen LogP contribution is -2.22. The number of aromatic nitrogens is 2. The maximum absolute atomic E-state index is 13.3. The van der Waals surface area contributed by atoms with E-state index in [0.29, 0.717) is 28.2 Å². The lowest BCUT2D eigenvalue weighted by Gasteiger charge is -2.13. The topological polar surface area (TPSA) is 64.0 Å². The molecular formula is C25H23N3O2S. The van der Waals surface area contributed by atoms with Crippen molar-refractivity contribution in [2.75, 3.05) is 11.1 Å². The van der Waals surface area contributed by atoms with Crippen molar-refractivity contribution < 1.29 is 4.79 Å². The van der Waals surface area contributed by atoms with Gasteiger partial charge in [-0.3, -0.25) is 14.2 Å². The monoisotopic (exact) mass is 429 g/mol. The maximum atomic E-state index is 13.3. The first-order chi connectivity index (χ1) is 15.2. The fraction of sp³-hybridized carbons (Fsp3) is 0.160. The molecule has 3 aromatic carbocycles. The van der Waals surface area contributed by atoms with Gasteiger partial charge in [-0.25, -0.2) is 4.98 Å². The van der Waals surface area contributed by atoms with Gasteiger partial charge in [0, 0.05) is 17.9 Å². The fourth-order valence-electron chi connectivity index (χ4n) is 3.30. The van der Waals surface area contributed by atoms with Crippen LogP contribution < -0.4 is 10.9 Å². The van der Waals surface area contributed by atoms with E-state index in [4.69, 9.17) is 4.98 Å². The van der Waals surface area contributed by atoms with E-state index in [1.165, 1.54) is 17.3 Å². The maximum Gasteiger partial charge on any atom is 0.266 e. The normalized spacial score (nSPS) is 10.9. The van der Waals surface area contributed by atoms with Crippen molar-refractivity contribution in [2.24, 2.45) is 0 Å². The third-order valence-corrected chi connectivity index (χ3v) is 5.91. The Morgan fingerprint density at radius 2 is 1.68 bits per heavy atom. The number of aryl methyl sites for hydroxylation is 1. The van der Waals surface area contributed by atoms with Crippen LogP contribution in [0.15, 0.2) is 88.8 Å². The molecule has 4 aromatic rings. The molecule has 1 heterocycles. The van der Waals surface area contributed by atoms with E-state index >= 15 is 0 Å². The van der Waals surface area contributed by atoms with Crippen LogP contribution in [0, 0.1) is 0 Å². The summed E-state index contributed by atoms with van der Waals surface area (Å²) >= 11 is 1.41. The van der Waals surface area contributed by atoms with Crippen molar-refractivity contribution in [1.82, 2.24) is 9.55 Å². The molecule has 31 heavy (non-hydrogen) atoms. The molecule has 0 aliphatic carbocycles. The van der Waals surface area contributed by atoms with Crippen molar-refractivity contribution >= 4 is 34.3 Å². The molecule has 1 amide bonds. The largest absolute Gasteiger partial charge is 0.326 e. The zero-order valence-electron chi connectivity index (χ0n) is 17.2. The number of carbonyl (C=O) groups is 1. The number of amides is 1. The van der Waals surface area contributed by atoms with Crippen LogP contribution in [0.1, 0.15) is 18.9 Å². The average Bonchev–Trinajstić information content (AvgIpc) is 2.80. The summed E-state index contributed by atoms with van der Waals surface area (Å²) in [5, 5.41) is 4.05. The van der Waals surface area contributed by atoms with Crippen molar-refractivity contribution in [1.29, 1.82) is 0 Å². The first-order valence-corrected chi connectivity index (χ1v) is 11.2. The standard InChI is InChI=1S/C25H23N3O2S/c1-2-18-12-14-20(15-13-18)28-24(30)21-10-6-7-11-22(21)27-25(28)31-17-16-23(29)26-19-8-4-3-5-9-19/h3-15H,2,16-17H2,1H3,(H,26,29). The Bertz CT molecular complexity index is 1250. The Labute approximate surface area is 185 Å². The van der Waals surface area contributed by atoms with Crippen LogP contribution in [0.4, 0.5) is 5.69 Å². The molecule has 1 aromatic heterocycles. The van der Waals surface area contributed by atoms with Crippen LogP contribution in [0.2, 0.25) is 0 Å². The highest BCUT2D eigenvalue weighted by molar-refractivity contribution is 7.99. The molecule has 0 aliphatic rings. The van der Waals surface area contributed by atoms with Gasteiger partial charge in [-0.15, -0.1) is 0 Å².